The average molecular weight is 204 g/mol. The molecule has 14 heavy (non-hydrogen) atoms. The van der Waals surface area contributed by atoms with Gasteiger partial charge in [-0.05, 0) is 25.7 Å². The number of halogens is 2. The van der Waals surface area contributed by atoms with Crippen molar-refractivity contribution >= 4 is 5.91 Å². The Balaban J connectivity index is 2.11. The van der Waals surface area contributed by atoms with E-state index in [9.17, 15) is 13.6 Å². The molecule has 2 fully saturated rings. The van der Waals surface area contributed by atoms with E-state index in [1.807, 2.05) is 0 Å². The number of carbonyl (C=O) groups is 1. The Kier molecular flexibility index (Phi) is 2.43. The van der Waals surface area contributed by atoms with Gasteiger partial charge in [0.25, 0.3) is 5.91 Å². The van der Waals surface area contributed by atoms with Crippen molar-refractivity contribution < 1.29 is 13.6 Å². The third-order valence-corrected chi connectivity index (χ3v) is 3.21. The van der Waals surface area contributed by atoms with Gasteiger partial charge in [0.15, 0.2) is 0 Å². The molecule has 0 aromatic heterocycles. The van der Waals surface area contributed by atoms with Gasteiger partial charge in [0, 0.05) is 18.1 Å². The number of fused-ring (bicyclic) bond motifs is 2. The molecular formula is C9H14F2N2O. The topological polar surface area (TPSA) is 46.3 Å². The molecule has 0 aromatic rings. The van der Waals surface area contributed by atoms with Gasteiger partial charge >= 0.3 is 6.43 Å². The molecule has 2 heterocycles. The van der Waals surface area contributed by atoms with Crippen molar-refractivity contribution in [3.8, 4) is 0 Å². The Bertz CT molecular complexity index is 233. The lowest BCUT2D eigenvalue weighted by atomic mass is 9.98. The molecule has 2 N–H and O–H groups in total. The van der Waals surface area contributed by atoms with Gasteiger partial charge in [0.05, 0.1) is 0 Å². The molecule has 2 aliphatic rings. The highest BCUT2D eigenvalue weighted by Gasteiger charge is 2.44. The Morgan fingerprint density at radius 2 is 1.79 bits per heavy atom. The van der Waals surface area contributed by atoms with Crippen LogP contribution >= 0.6 is 0 Å². The van der Waals surface area contributed by atoms with Gasteiger partial charge in [-0.3, -0.25) is 4.79 Å². The summed E-state index contributed by atoms with van der Waals surface area (Å²) >= 11 is 0. The molecule has 3 nitrogen and oxygen atoms in total. The SMILES string of the molecule is NC1CC2CCC(C1)N2C(=O)C(F)F. The molecule has 2 atom stereocenters. The molecule has 0 spiro atoms. The molecule has 2 aliphatic heterocycles. The molecule has 2 saturated heterocycles. The van der Waals surface area contributed by atoms with Gasteiger partial charge in [0.1, 0.15) is 0 Å². The minimum absolute atomic E-state index is 0.0368. The van der Waals surface area contributed by atoms with Crippen molar-refractivity contribution in [2.45, 2.75) is 50.2 Å². The molecule has 0 radical (unpaired) electrons. The van der Waals surface area contributed by atoms with Crippen molar-refractivity contribution in [3.63, 3.8) is 0 Å². The van der Waals surface area contributed by atoms with Crippen molar-refractivity contribution in [1.29, 1.82) is 0 Å². The van der Waals surface area contributed by atoms with Gasteiger partial charge < -0.3 is 10.6 Å². The van der Waals surface area contributed by atoms with Crippen LogP contribution in [0.3, 0.4) is 0 Å². The second-order valence-electron chi connectivity index (χ2n) is 4.16. The molecular weight excluding hydrogens is 190 g/mol. The van der Waals surface area contributed by atoms with E-state index in [4.69, 9.17) is 5.73 Å². The van der Waals surface area contributed by atoms with Gasteiger partial charge in [-0.15, -0.1) is 0 Å². The quantitative estimate of drug-likeness (QED) is 0.684. The summed E-state index contributed by atoms with van der Waals surface area (Å²) in [5.74, 6) is -1.01. The first kappa shape index (κ1) is 9.83. The summed E-state index contributed by atoms with van der Waals surface area (Å²) in [5.41, 5.74) is 5.77. The fraction of sp³-hybridized carbons (Fsp3) is 0.889. The van der Waals surface area contributed by atoms with Crippen molar-refractivity contribution in [2.24, 2.45) is 5.73 Å². The van der Waals surface area contributed by atoms with E-state index in [0.29, 0.717) is 12.8 Å². The highest BCUT2D eigenvalue weighted by Crippen LogP contribution is 2.35. The van der Waals surface area contributed by atoms with Crippen LogP contribution in [0.1, 0.15) is 25.7 Å². The normalized spacial score (nSPS) is 36.6. The Hall–Kier alpha value is -0.710. The van der Waals surface area contributed by atoms with E-state index in [2.05, 4.69) is 0 Å². The zero-order valence-corrected chi connectivity index (χ0v) is 7.83. The first-order valence-corrected chi connectivity index (χ1v) is 4.95. The molecule has 1 amide bonds. The highest BCUT2D eigenvalue weighted by molar-refractivity contribution is 5.80. The number of alkyl halides is 2. The van der Waals surface area contributed by atoms with E-state index in [1.54, 1.807) is 0 Å². The fourth-order valence-electron chi connectivity index (χ4n) is 2.69. The standard InChI is InChI=1S/C9H14F2N2O/c10-8(11)9(14)13-6-1-2-7(13)4-5(12)3-6/h5-8H,1-4,12H2. The number of rotatable bonds is 1. The smallest absolute Gasteiger partial charge is 0.315 e. The molecule has 2 rings (SSSR count). The van der Waals surface area contributed by atoms with Crippen LogP contribution in [0.2, 0.25) is 0 Å². The summed E-state index contributed by atoms with van der Waals surface area (Å²) in [7, 11) is 0. The maximum absolute atomic E-state index is 12.3. The Morgan fingerprint density at radius 3 is 2.21 bits per heavy atom. The first-order chi connectivity index (χ1) is 6.59. The van der Waals surface area contributed by atoms with E-state index in [1.165, 1.54) is 4.90 Å². The zero-order chi connectivity index (χ0) is 10.3. The van der Waals surface area contributed by atoms with Crippen LogP contribution in [0, 0.1) is 0 Å². The van der Waals surface area contributed by atoms with Crippen LogP contribution in [-0.2, 0) is 4.79 Å². The van der Waals surface area contributed by atoms with Crippen LogP contribution in [-0.4, -0.2) is 35.4 Å². The van der Waals surface area contributed by atoms with Crippen LogP contribution in [0.5, 0.6) is 0 Å². The van der Waals surface area contributed by atoms with Crippen LogP contribution in [0.4, 0.5) is 8.78 Å². The summed E-state index contributed by atoms with van der Waals surface area (Å²) in [4.78, 5) is 12.6. The monoisotopic (exact) mass is 204 g/mol. The lowest BCUT2D eigenvalue weighted by molar-refractivity contribution is -0.147. The number of amides is 1. The highest BCUT2D eigenvalue weighted by atomic mass is 19.3. The average Bonchev–Trinajstić information content (AvgIpc) is 2.37. The van der Waals surface area contributed by atoms with Gasteiger partial charge in [-0.25, -0.2) is 0 Å². The minimum atomic E-state index is -2.87. The molecule has 0 aromatic carbocycles. The lowest BCUT2D eigenvalue weighted by Gasteiger charge is -2.37. The maximum atomic E-state index is 12.3. The molecule has 0 saturated carbocycles. The third-order valence-electron chi connectivity index (χ3n) is 3.21. The van der Waals surface area contributed by atoms with Crippen molar-refractivity contribution in [1.82, 2.24) is 4.90 Å². The molecule has 5 heteroatoms. The minimum Gasteiger partial charge on any atom is -0.332 e. The largest absolute Gasteiger partial charge is 0.332 e. The molecule has 80 valence electrons. The van der Waals surface area contributed by atoms with Gasteiger partial charge in [0.2, 0.25) is 0 Å². The summed E-state index contributed by atoms with van der Waals surface area (Å²) in [6, 6.07) is 0.00437. The van der Waals surface area contributed by atoms with Crippen LogP contribution in [0.25, 0.3) is 0 Å². The predicted molar refractivity (Wildman–Crippen MR) is 46.9 cm³/mol. The van der Waals surface area contributed by atoms with E-state index >= 15 is 0 Å². The summed E-state index contributed by atoms with van der Waals surface area (Å²) < 4.78 is 24.5. The Labute approximate surface area is 81.2 Å². The number of hydrogen-bond acceptors (Lipinski definition) is 2. The molecule has 0 aliphatic carbocycles. The molecule has 2 bridgehead atoms. The number of nitrogens with zero attached hydrogens (tertiary/aromatic N) is 1. The predicted octanol–water partition coefficient (Wildman–Crippen LogP) is 0.732. The summed E-state index contributed by atoms with van der Waals surface area (Å²) in [5, 5.41) is 0. The molecule has 2 unspecified atom stereocenters. The maximum Gasteiger partial charge on any atom is 0.315 e. The summed E-state index contributed by atoms with van der Waals surface area (Å²) in [6.07, 6.45) is 0.143. The van der Waals surface area contributed by atoms with Crippen LogP contribution in [0.15, 0.2) is 0 Å². The fourth-order valence-corrected chi connectivity index (χ4v) is 2.69. The number of nitrogens with two attached hydrogens (primary N) is 1. The Morgan fingerprint density at radius 1 is 1.29 bits per heavy atom. The number of piperidine rings is 1. The van der Waals surface area contributed by atoms with Crippen molar-refractivity contribution in [2.75, 3.05) is 0 Å². The van der Waals surface area contributed by atoms with E-state index in [-0.39, 0.29) is 18.1 Å². The second kappa shape index (κ2) is 3.46. The van der Waals surface area contributed by atoms with E-state index < -0.39 is 12.3 Å². The number of hydrogen-bond donors (Lipinski definition) is 1. The lowest BCUT2D eigenvalue weighted by Crippen LogP contribution is -2.51. The van der Waals surface area contributed by atoms with Crippen molar-refractivity contribution in [3.05, 3.63) is 0 Å². The van der Waals surface area contributed by atoms with Crippen LogP contribution < -0.4 is 5.73 Å². The summed E-state index contributed by atoms with van der Waals surface area (Å²) in [6.45, 7) is 0. The third kappa shape index (κ3) is 1.49. The van der Waals surface area contributed by atoms with E-state index in [0.717, 1.165) is 12.8 Å². The number of carbonyl (C=O) groups excluding carboxylic acids is 1. The van der Waals surface area contributed by atoms with Gasteiger partial charge in [-0.2, -0.15) is 8.78 Å². The second-order valence-corrected chi connectivity index (χ2v) is 4.16. The zero-order valence-electron chi connectivity index (χ0n) is 7.83. The first-order valence-electron chi connectivity index (χ1n) is 4.95. The van der Waals surface area contributed by atoms with Gasteiger partial charge in [-0.1, -0.05) is 0 Å².